The van der Waals surface area contributed by atoms with Gasteiger partial charge in [-0.1, -0.05) is 0 Å². The Hall–Kier alpha value is -2.50. The van der Waals surface area contributed by atoms with Gasteiger partial charge in [0.25, 0.3) is 0 Å². The van der Waals surface area contributed by atoms with Crippen molar-refractivity contribution < 1.29 is 4.79 Å². The Labute approximate surface area is 105 Å². The Balaban J connectivity index is 1.94. The van der Waals surface area contributed by atoms with Crippen LogP contribution in [0.2, 0.25) is 0 Å². The Bertz CT molecular complexity index is 532. The number of hydrogen-bond donors (Lipinski definition) is 4. The zero-order valence-electron chi connectivity index (χ0n) is 10.0. The molecule has 0 spiro atoms. The van der Waals surface area contributed by atoms with Gasteiger partial charge >= 0.3 is 6.03 Å². The Morgan fingerprint density at radius 1 is 1.33 bits per heavy atom. The van der Waals surface area contributed by atoms with Gasteiger partial charge in [0.05, 0.1) is 18.6 Å². The van der Waals surface area contributed by atoms with Crippen LogP contribution in [0.3, 0.4) is 0 Å². The summed E-state index contributed by atoms with van der Waals surface area (Å²) in [6.45, 7) is 2.63. The number of aryl methyl sites for hydroxylation is 1. The fourth-order valence-corrected chi connectivity index (χ4v) is 1.56. The molecule has 0 saturated carbocycles. The molecule has 18 heavy (non-hydrogen) atoms. The second-order valence-electron chi connectivity index (χ2n) is 3.89. The molecule has 0 aliphatic carbocycles. The number of carbonyl (C=O) groups is 1. The quantitative estimate of drug-likeness (QED) is 0.661. The van der Waals surface area contributed by atoms with E-state index < -0.39 is 6.03 Å². The van der Waals surface area contributed by atoms with Crippen LogP contribution in [-0.2, 0) is 6.54 Å². The highest BCUT2D eigenvalue weighted by Gasteiger charge is 2.01. The molecule has 2 aromatic rings. The van der Waals surface area contributed by atoms with E-state index in [1.807, 2.05) is 19.1 Å². The van der Waals surface area contributed by atoms with Crippen LogP contribution in [0.5, 0.6) is 0 Å². The lowest BCUT2D eigenvalue weighted by atomic mass is 10.2. The normalized spacial score (nSPS) is 10.1. The maximum atomic E-state index is 10.7. The molecule has 0 aliphatic rings. The smallest absolute Gasteiger partial charge is 0.316 e. The van der Waals surface area contributed by atoms with Gasteiger partial charge < -0.3 is 21.4 Å². The number of carbonyl (C=O) groups excluding carboxylic acids is 1. The summed E-state index contributed by atoms with van der Waals surface area (Å²) in [4.78, 5) is 17.9. The Morgan fingerprint density at radius 3 is 2.56 bits per heavy atom. The molecule has 5 N–H and O–H groups in total. The Kier molecular flexibility index (Phi) is 3.47. The number of imidazole rings is 1. The van der Waals surface area contributed by atoms with Crippen LogP contribution < -0.4 is 16.4 Å². The summed E-state index contributed by atoms with van der Waals surface area (Å²) < 4.78 is 0. The van der Waals surface area contributed by atoms with E-state index in [4.69, 9.17) is 5.73 Å². The van der Waals surface area contributed by atoms with Crippen molar-refractivity contribution in [1.29, 1.82) is 0 Å². The highest BCUT2D eigenvalue weighted by molar-refractivity contribution is 5.87. The van der Waals surface area contributed by atoms with Crippen molar-refractivity contribution in [3.05, 3.63) is 42.0 Å². The van der Waals surface area contributed by atoms with Gasteiger partial charge in [-0.2, -0.15) is 0 Å². The summed E-state index contributed by atoms with van der Waals surface area (Å²) >= 11 is 0. The molecular formula is C12H15N5O. The molecular weight excluding hydrogens is 230 g/mol. The van der Waals surface area contributed by atoms with Gasteiger partial charge in [0.2, 0.25) is 0 Å². The summed E-state index contributed by atoms with van der Waals surface area (Å²) in [6.07, 6.45) is 1.67. The number of amides is 2. The predicted octanol–water partition coefficient (Wildman–Crippen LogP) is 1.82. The summed E-state index contributed by atoms with van der Waals surface area (Å²) in [5.74, 6) is 0. The predicted molar refractivity (Wildman–Crippen MR) is 70.3 cm³/mol. The van der Waals surface area contributed by atoms with Crippen molar-refractivity contribution in [3.63, 3.8) is 0 Å². The SMILES string of the molecule is Cc1[nH]cnc1CNc1ccc(NC(N)=O)cc1. The monoisotopic (exact) mass is 245 g/mol. The van der Waals surface area contributed by atoms with Gasteiger partial charge in [0.1, 0.15) is 0 Å². The molecule has 1 aromatic heterocycles. The number of aromatic amines is 1. The van der Waals surface area contributed by atoms with Crippen molar-refractivity contribution >= 4 is 17.4 Å². The highest BCUT2D eigenvalue weighted by Crippen LogP contribution is 2.14. The third-order valence-electron chi connectivity index (χ3n) is 2.55. The zero-order chi connectivity index (χ0) is 13.0. The standard InChI is InChI=1S/C12H15N5O/c1-8-11(16-7-15-8)6-14-9-2-4-10(5-3-9)17-12(13)18/h2-5,7,14H,6H2,1H3,(H,15,16)(H3,13,17,18). The van der Waals surface area contributed by atoms with Crippen molar-refractivity contribution in [2.45, 2.75) is 13.5 Å². The third-order valence-corrected chi connectivity index (χ3v) is 2.55. The average Bonchev–Trinajstić information content (AvgIpc) is 2.73. The fourth-order valence-electron chi connectivity index (χ4n) is 1.56. The van der Waals surface area contributed by atoms with Crippen LogP contribution in [0.4, 0.5) is 16.2 Å². The molecule has 0 bridgehead atoms. The highest BCUT2D eigenvalue weighted by atomic mass is 16.2. The van der Waals surface area contributed by atoms with E-state index in [9.17, 15) is 4.79 Å². The first-order valence-corrected chi connectivity index (χ1v) is 5.54. The zero-order valence-corrected chi connectivity index (χ0v) is 10.0. The average molecular weight is 245 g/mol. The van der Waals surface area contributed by atoms with Gasteiger partial charge in [0, 0.05) is 17.1 Å². The summed E-state index contributed by atoms with van der Waals surface area (Å²) in [7, 11) is 0. The number of benzene rings is 1. The molecule has 0 fully saturated rings. The van der Waals surface area contributed by atoms with Crippen molar-refractivity contribution in [2.24, 2.45) is 5.73 Å². The number of H-pyrrole nitrogens is 1. The van der Waals surface area contributed by atoms with Crippen LogP contribution in [0.25, 0.3) is 0 Å². The first-order chi connectivity index (χ1) is 8.65. The summed E-state index contributed by atoms with van der Waals surface area (Å²) in [6, 6.07) is 6.73. The lowest BCUT2D eigenvalue weighted by Gasteiger charge is -2.07. The Morgan fingerprint density at radius 2 is 2.00 bits per heavy atom. The lowest BCUT2D eigenvalue weighted by molar-refractivity contribution is 0.259. The molecule has 2 amide bonds. The molecule has 0 atom stereocenters. The van der Waals surface area contributed by atoms with Crippen LogP contribution >= 0.6 is 0 Å². The van der Waals surface area contributed by atoms with Gasteiger partial charge in [-0.05, 0) is 31.2 Å². The first-order valence-electron chi connectivity index (χ1n) is 5.54. The molecule has 0 radical (unpaired) electrons. The minimum Gasteiger partial charge on any atom is -0.379 e. The van der Waals surface area contributed by atoms with Crippen LogP contribution in [-0.4, -0.2) is 16.0 Å². The van der Waals surface area contributed by atoms with Gasteiger partial charge in [0.15, 0.2) is 0 Å². The first kappa shape index (κ1) is 12.0. The maximum Gasteiger partial charge on any atom is 0.316 e. The number of anilines is 2. The number of aromatic nitrogens is 2. The molecule has 2 rings (SSSR count). The number of rotatable bonds is 4. The number of hydrogen-bond acceptors (Lipinski definition) is 3. The van der Waals surface area contributed by atoms with Gasteiger partial charge in [-0.25, -0.2) is 9.78 Å². The van der Waals surface area contributed by atoms with Crippen LogP contribution in [0, 0.1) is 6.92 Å². The number of nitrogens with zero attached hydrogens (tertiary/aromatic N) is 1. The van der Waals surface area contributed by atoms with E-state index in [0.29, 0.717) is 12.2 Å². The van der Waals surface area contributed by atoms with E-state index in [1.165, 1.54) is 0 Å². The summed E-state index contributed by atoms with van der Waals surface area (Å²) in [5, 5.41) is 5.75. The minimum atomic E-state index is -0.567. The topological polar surface area (TPSA) is 95.8 Å². The van der Waals surface area contributed by atoms with Gasteiger partial charge in [-0.3, -0.25) is 0 Å². The maximum absolute atomic E-state index is 10.7. The van der Waals surface area contributed by atoms with Crippen LogP contribution in [0.15, 0.2) is 30.6 Å². The molecule has 94 valence electrons. The molecule has 0 saturated heterocycles. The number of urea groups is 1. The lowest BCUT2D eigenvalue weighted by Crippen LogP contribution is -2.19. The van der Waals surface area contributed by atoms with Gasteiger partial charge in [-0.15, -0.1) is 0 Å². The number of nitrogens with one attached hydrogen (secondary N) is 3. The molecule has 6 nitrogen and oxygen atoms in total. The van der Waals surface area contributed by atoms with E-state index in [-0.39, 0.29) is 0 Å². The second-order valence-corrected chi connectivity index (χ2v) is 3.89. The largest absolute Gasteiger partial charge is 0.379 e. The van der Waals surface area contributed by atoms with E-state index >= 15 is 0 Å². The molecule has 1 heterocycles. The van der Waals surface area contributed by atoms with Crippen molar-refractivity contribution in [1.82, 2.24) is 9.97 Å². The van der Waals surface area contributed by atoms with Crippen molar-refractivity contribution in [3.8, 4) is 0 Å². The molecule has 6 heteroatoms. The minimum absolute atomic E-state index is 0.567. The van der Waals surface area contributed by atoms with Crippen LogP contribution in [0.1, 0.15) is 11.4 Å². The fraction of sp³-hybridized carbons (Fsp3) is 0.167. The molecule has 1 aromatic carbocycles. The van der Waals surface area contributed by atoms with E-state index in [0.717, 1.165) is 17.1 Å². The van der Waals surface area contributed by atoms with Crippen molar-refractivity contribution in [2.75, 3.05) is 10.6 Å². The third kappa shape index (κ3) is 3.00. The molecule has 0 unspecified atom stereocenters. The van der Waals surface area contributed by atoms with E-state index in [2.05, 4.69) is 20.6 Å². The molecule has 0 aliphatic heterocycles. The number of primary amides is 1. The number of nitrogens with two attached hydrogens (primary N) is 1. The second kappa shape index (κ2) is 5.22. The summed E-state index contributed by atoms with van der Waals surface area (Å²) in [5.41, 5.74) is 8.68. The van der Waals surface area contributed by atoms with E-state index in [1.54, 1.807) is 18.5 Å².